The highest BCUT2D eigenvalue weighted by Crippen LogP contribution is 2.15. The minimum Gasteiger partial charge on any atom is -0.481 e. The number of hydrogen-bond acceptors (Lipinski definition) is 4. The highest BCUT2D eigenvalue weighted by molar-refractivity contribution is 5.71. The van der Waals surface area contributed by atoms with Crippen LogP contribution in [0.4, 0.5) is 0 Å². The van der Waals surface area contributed by atoms with Gasteiger partial charge in [-0.25, -0.2) is 0 Å². The van der Waals surface area contributed by atoms with Crippen molar-refractivity contribution in [3.63, 3.8) is 0 Å². The number of carboxylic acids is 1. The van der Waals surface area contributed by atoms with E-state index in [0.717, 1.165) is 38.5 Å². The Hall–Kier alpha value is -1.10. The number of carbonyl (C=O) groups is 2. The summed E-state index contributed by atoms with van der Waals surface area (Å²) in [6.45, 7) is 4.27. The van der Waals surface area contributed by atoms with Crippen LogP contribution < -0.4 is 0 Å². The zero-order valence-corrected chi connectivity index (χ0v) is 16.2. The van der Waals surface area contributed by atoms with Crippen LogP contribution >= 0.6 is 0 Å². The van der Waals surface area contributed by atoms with Crippen LogP contribution in [0, 0.1) is 0 Å². The molecule has 0 aromatic rings. The summed E-state index contributed by atoms with van der Waals surface area (Å²) in [5.41, 5.74) is 0. The summed E-state index contributed by atoms with van der Waals surface area (Å²) in [6, 6.07) is 0. The van der Waals surface area contributed by atoms with Crippen LogP contribution in [0.1, 0.15) is 104 Å². The highest BCUT2D eigenvalue weighted by atomic mass is 16.5. The molecule has 0 heterocycles. The lowest BCUT2D eigenvalue weighted by molar-refractivity contribution is -0.155. The van der Waals surface area contributed by atoms with Crippen molar-refractivity contribution in [3.8, 4) is 0 Å². The van der Waals surface area contributed by atoms with Crippen molar-refractivity contribution in [3.05, 3.63) is 0 Å². The molecule has 0 bridgehead atoms. The second kappa shape index (κ2) is 16.4. The summed E-state index contributed by atoms with van der Waals surface area (Å²) < 4.78 is 5.30. The van der Waals surface area contributed by atoms with Crippen molar-refractivity contribution in [2.24, 2.45) is 0 Å². The van der Waals surface area contributed by atoms with E-state index in [9.17, 15) is 14.7 Å². The predicted octanol–water partition coefficient (Wildman–Crippen LogP) is 4.84. The minimum atomic E-state index is -0.954. The summed E-state index contributed by atoms with van der Waals surface area (Å²) in [4.78, 5) is 22.9. The molecule has 148 valence electrons. The van der Waals surface area contributed by atoms with Crippen molar-refractivity contribution < 1.29 is 24.5 Å². The molecular formula is C20H38O5. The van der Waals surface area contributed by atoms with Gasteiger partial charge in [0.1, 0.15) is 6.10 Å². The summed E-state index contributed by atoms with van der Waals surface area (Å²) in [5, 5.41) is 18.8. The number of unbranched alkanes of at least 4 members (excludes halogenated alkanes) is 8. The molecule has 5 heteroatoms. The van der Waals surface area contributed by atoms with E-state index < -0.39 is 24.1 Å². The van der Waals surface area contributed by atoms with Gasteiger partial charge in [0.25, 0.3) is 0 Å². The van der Waals surface area contributed by atoms with Gasteiger partial charge < -0.3 is 14.9 Å². The fraction of sp³-hybridized carbons (Fsp3) is 0.900. The molecule has 25 heavy (non-hydrogen) atoms. The number of hydrogen-bond donors (Lipinski definition) is 2. The van der Waals surface area contributed by atoms with Crippen LogP contribution in [0.15, 0.2) is 0 Å². The molecule has 0 aliphatic rings. The lowest BCUT2D eigenvalue weighted by Gasteiger charge is -2.17. The van der Waals surface area contributed by atoms with Crippen molar-refractivity contribution in [2.45, 2.75) is 116 Å². The predicted molar refractivity (Wildman–Crippen MR) is 99.5 cm³/mol. The third-order valence-corrected chi connectivity index (χ3v) is 4.37. The average molecular weight is 359 g/mol. The third-order valence-electron chi connectivity index (χ3n) is 4.37. The molecule has 0 aliphatic heterocycles. The SMILES string of the molecule is CCCCCCCCCC(CC(=O)O)OC(=O)CC(O)CCCCC. The number of esters is 1. The maximum absolute atomic E-state index is 11.9. The lowest BCUT2D eigenvalue weighted by atomic mass is 10.0. The summed E-state index contributed by atoms with van der Waals surface area (Å²) in [5.74, 6) is -1.44. The number of aliphatic hydroxyl groups excluding tert-OH is 1. The maximum atomic E-state index is 11.9. The van der Waals surface area contributed by atoms with E-state index in [4.69, 9.17) is 9.84 Å². The molecule has 0 saturated carbocycles. The topological polar surface area (TPSA) is 83.8 Å². The van der Waals surface area contributed by atoms with Gasteiger partial charge in [0, 0.05) is 0 Å². The second-order valence-electron chi connectivity index (χ2n) is 6.97. The molecular weight excluding hydrogens is 320 g/mol. The van der Waals surface area contributed by atoms with Crippen LogP contribution in [-0.4, -0.2) is 34.4 Å². The van der Waals surface area contributed by atoms with Gasteiger partial charge in [0.15, 0.2) is 0 Å². The summed E-state index contributed by atoms with van der Waals surface area (Å²) in [7, 11) is 0. The quantitative estimate of drug-likeness (QED) is 0.287. The second-order valence-corrected chi connectivity index (χ2v) is 6.97. The minimum absolute atomic E-state index is 0.0448. The molecule has 0 aliphatic carbocycles. The van der Waals surface area contributed by atoms with Crippen LogP contribution in [0.3, 0.4) is 0 Å². The standard InChI is InChI=1S/C20H38O5/c1-3-5-7-8-9-10-12-14-18(16-19(22)23)25-20(24)15-17(21)13-11-6-4-2/h17-18,21H,3-16H2,1-2H3,(H,22,23). The zero-order chi connectivity index (χ0) is 18.9. The Labute approximate surface area is 153 Å². The molecule has 2 atom stereocenters. The number of carboxylic acid groups (broad SMARTS) is 1. The molecule has 2 unspecified atom stereocenters. The number of ether oxygens (including phenoxy) is 1. The van der Waals surface area contributed by atoms with Crippen molar-refractivity contribution in [1.29, 1.82) is 0 Å². The first-order chi connectivity index (χ1) is 12.0. The normalized spacial score (nSPS) is 13.4. The Morgan fingerprint density at radius 3 is 1.92 bits per heavy atom. The Kier molecular flexibility index (Phi) is 15.7. The van der Waals surface area contributed by atoms with E-state index >= 15 is 0 Å². The van der Waals surface area contributed by atoms with Gasteiger partial charge in [-0.2, -0.15) is 0 Å². The van der Waals surface area contributed by atoms with E-state index in [2.05, 4.69) is 13.8 Å². The first-order valence-corrected chi connectivity index (χ1v) is 10.1. The summed E-state index contributed by atoms with van der Waals surface area (Å²) >= 11 is 0. The maximum Gasteiger partial charge on any atom is 0.308 e. The zero-order valence-electron chi connectivity index (χ0n) is 16.2. The Morgan fingerprint density at radius 2 is 1.32 bits per heavy atom. The number of aliphatic hydroxyl groups is 1. The van der Waals surface area contributed by atoms with E-state index in [0.29, 0.717) is 12.8 Å². The first-order valence-electron chi connectivity index (χ1n) is 10.1. The van der Waals surface area contributed by atoms with Crippen molar-refractivity contribution >= 4 is 11.9 Å². The van der Waals surface area contributed by atoms with Crippen LogP contribution in [0.5, 0.6) is 0 Å². The van der Waals surface area contributed by atoms with Crippen LogP contribution in [0.25, 0.3) is 0 Å². The number of rotatable bonds is 17. The van der Waals surface area contributed by atoms with Gasteiger partial charge in [-0.15, -0.1) is 0 Å². The Bertz CT molecular complexity index is 343. The van der Waals surface area contributed by atoms with Gasteiger partial charge in [-0.3, -0.25) is 9.59 Å². The van der Waals surface area contributed by atoms with Crippen LogP contribution in [-0.2, 0) is 14.3 Å². The number of aliphatic carboxylic acids is 1. The van der Waals surface area contributed by atoms with E-state index in [1.54, 1.807) is 0 Å². The van der Waals surface area contributed by atoms with Crippen LogP contribution in [0.2, 0.25) is 0 Å². The molecule has 0 amide bonds. The van der Waals surface area contributed by atoms with Crippen molar-refractivity contribution in [1.82, 2.24) is 0 Å². The Balaban J connectivity index is 4.03. The van der Waals surface area contributed by atoms with Gasteiger partial charge in [-0.1, -0.05) is 71.6 Å². The number of carbonyl (C=O) groups excluding carboxylic acids is 1. The fourth-order valence-electron chi connectivity index (χ4n) is 2.88. The third kappa shape index (κ3) is 16.1. The van der Waals surface area contributed by atoms with E-state index in [1.807, 2.05) is 0 Å². The van der Waals surface area contributed by atoms with Crippen molar-refractivity contribution in [2.75, 3.05) is 0 Å². The molecule has 0 fully saturated rings. The highest BCUT2D eigenvalue weighted by Gasteiger charge is 2.20. The fourth-order valence-corrected chi connectivity index (χ4v) is 2.88. The molecule has 0 radical (unpaired) electrons. The molecule has 0 saturated heterocycles. The average Bonchev–Trinajstić information content (AvgIpc) is 2.53. The van der Waals surface area contributed by atoms with Gasteiger partial charge >= 0.3 is 11.9 Å². The van der Waals surface area contributed by atoms with E-state index in [-0.39, 0.29) is 12.8 Å². The van der Waals surface area contributed by atoms with E-state index in [1.165, 1.54) is 25.7 Å². The molecule has 0 spiro atoms. The molecule has 0 aromatic heterocycles. The molecule has 0 rings (SSSR count). The monoisotopic (exact) mass is 358 g/mol. The lowest BCUT2D eigenvalue weighted by Crippen LogP contribution is -2.24. The summed E-state index contributed by atoms with van der Waals surface area (Å²) in [6.07, 6.45) is 10.7. The molecule has 2 N–H and O–H groups in total. The molecule has 0 aromatic carbocycles. The van der Waals surface area contributed by atoms with Gasteiger partial charge in [0.2, 0.25) is 0 Å². The smallest absolute Gasteiger partial charge is 0.308 e. The largest absolute Gasteiger partial charge is 0.481 e. The molecule has 5 nitrogen and oxygen atoms in total. The van der Waals surface area contributed by atoms with Gasteiger partial charge in [-0.05, 0) is 19.3 Å². The Morgan fingerprint density at radius 1 is 0.800 bits per heavy atom. The first kappa shape index (κ1) is 23.9. The van der Waals surface area contributed by atoms with Gasteiger partial charge in [0.05, 0.1) is 18.9 Å².